The average Bonchev–Trinajstić information content (AvgIpc) is 2.73. The molecule has 0 bridgehead atoms. The van der Waals surface area contributed by atoms with Crippen LogP contribution in [0.15, 0.2) is 24.4 Å². The van der Waals surface area contributed by atoms with Crippen molar-refractivity contribution in [2.24, 2.45) is 13.0 Å². The summed E-state index contributed by atoms with van der Waals surface area (Å²) in [5.41, 5.74) is 3.43. The maximum absolute atomic E-state index is 12.7. The van der Waals surface area contributed by atoms with Crippen molar-refractivity contribution in [3.63, 3.8) is 0 Å². The van der Waals surface area contributed by atoms with Gasteiger partial charge < -0.3 is 10.2 Å². The molecule has 124 valence electrons. The van der Waals surface area contributed by atoms with Crippen LogP contribution in [0, 0.1) is 19.8 Å². The van der Waals surface area contributed by atoms with Crippen molar-refractivity contribution in [3.05, 3.63) is 41.5 Å². The monoisotopic (exact) mass is 315 g/mol. The van der Waals surface area contributed by atoms with Crippen LogP contribution in [0.3, 0.4) is 0 Å². The molecule has 0 radical (unpaired) electrons. The Labute approximate surface area is 137 Å². The van der Waals surface area contributed by atoms with Crippen LogP contribution in [0.2, 0.25) is 0 Å². The number of pyridine rings is 1. The molecule has 0 aliphatic rings. The quantitative estimate of drug-likeness (QED) is 0.922. The molecular formula is C17H25N5O. The molecular weight excluding hydrogens is 290 g/mol. The van der Waals surface area contributed by atoms with Gasteiger partial charge in [-0.1, -0.05) is 19.9 Å². The molecule has 0 atom stereocenters. The summed E-state index contributed by atoms with van der Waals surface area (Å²) in [6.07, 6.45) is 1.75. The van der Waals surface area contributed by atoms with Crippen LogP contribution in [0.25, 0.3) is 0 Å². The molecule has 0 spiro atoms. The largest absolute Gasteiger partial charge is 0.322 e. The zero-order chi connectivity index (χ0) is 17.0. The Hall–Kier alpha value is -2.37. The highest BCUT2D eigenvalue weighted by Gasteiger charge is 2.19. The van der Waals surface area contributed by atoms with E-state index in [1.165, 1.54) is 0 Å². The second kappa shape index (κ2) is 7.26. The topological polar surface area (TPSA) is 63.1 Å². The summed E-state index contributed by atoms with van der Waals surface area (Å²) >= 11 is 0. The van der Waals surface area contributed by atoms with E-state index in [0.717, 1.165) is 22.8 Å². The van der Waals surface area contributed by atoms with E-state index in [4.69, 9.17) is 0 Å². The molecule has 2 aromatic rings. The molecule has 0 saturated heterocycles. The lowest BCUT2D eigenvalue weighted by molar-refractivity contribution is 0.201. The molecule has 0 aromatic carbocycles. The van der Waals surface area contributed by atoms with Gasteiger partial charge in [0.05, 0.1) is 29.3 Å². The van der Waals surface area contributed by atoms with Gasteiger partial charge in [-0.2, -0.15) is 5.10 Å². The molecule has 2 amide bonds. The third kappa shape index (κ3) is 4.31. The highest BCUT2D eigenvalue weighted by Crippen LogP contribution is 2.19. The van der Waals surface area contributed by atoms with Crippen LogP contribution < -0.4 is 5.32 Å². The highest BCUT2D eigenvalue weighted by atomic mass is 16.2. The fraction of sp³-hybridized carbons (Fsp3) is 0.471. The minimum atomic E-state index is -0.122. The van der Waals surface area contributed by atoms with Gasteiger partial charge in [0.15, 0.2) is 0 Å². The Kier molecular flexibility index (Phi) is 5.36. The van der Waals surface area contributed by atoms with Gasteiger partial charge in [0.2, 0.25) is 0 Å². The van der Waals surface area contributed by atoms with Gasteiger partial charge in [-0.05, 0) is 31.9 Å². The molecule has 0 saturated carbocycles. The van der Waals surface area contributed by atoms with Gasteiger partial charge in [-0.25, -0.2) is 4.79 Å². The number of nitrogens with zero attached hydrogens (tertiary/aromatic N) is 4. The SMILES string of the molecule is Cc1nn(C)c(C)c1NC(=O)N(Cc1ccccn1)CC(C)C. The highest BCUT2D eigenvalue weighted by molar-refractivity contribution is 5.90. The number of hydrogen-bond acceptors (Lipinski definition) is 3. The minimum Gasteiger partial charge on any atom is -0.318 e. The maximum atomic E-state index is 12.7. The molecule has 0 aliphatic heterocycles. The molecule has 23 heavy (non-hydrogen) atoms. The fourth-order valence-corrected chi connectivity index (χ4v) is 2.49. The molecule has 0 fully saturated rings. The molecule has 2 heterocycles. The van der Waals surface area contributed by atoms with E-state index >= 15 is 0 Å². The Morgan fingerprint density at radius 1 is 1.35 bits per heavy atom. The van der Waals surface area contributed by atoms with Crippen molar-refractivity contribution in [1.29, 1.82) is 0 Å². The first kappa shape index (κ1) is 17.0. The Morgan fingerprint density at radius 3 is 2.61 bits per heavy atom. The lowest BCUT2D eigenvalue weighted by Gasteiger charge is -2.24. The van der Waals surface area contributed by atoms with Gasteiger partial charge >= 0.3 is 6.03 Å². The summed E-state index contributed by atoms with van der Waals surface area (Å²) < 4.78 is 1.77. The molecule has 6 nitrogen and oxygen atoms in total. The van der Waals surface area contributed by atoms with Crippen LogP contribution in [0.4, 0.5) is 10.5 Å². The van der Waals surface area contributed by atoms with E-state index in [1.807, 2.05) is 39.1 Å². The average molecular weight is 315 g/mol. The van der Waals surface area contributed by atoms with E-state index in [1.54, 1.807) is 15.8 Å². The molecule has 2 rings (SSSR count). The van der Waals surface area contributed by atoms with E-state index in [-0.39, 0.29) is 6.03 Å². The van der Waals surface area contributed by atoms with Gasteiger partial charge in [-0.15, -0.1) is 0 Å². The van der Waals surface area contributed by atoms with Crippen LogP contribution in [0.1, 0.15) is 30.9 Å². The van der Waals surface area contributed by atoms with Gasteiger partial charge in [0, 0.05) is 19.8 Å². The summed E-state index contributed by atoms with van der Waals surface area (Å²) in [6.45, 7) is 9.19. The van der Waals surface area contributed by atoms with Gasteiger partial charge in [-0.3, -0.25) is 9.67 Å². The number of rotatable bonds is 5. The first-order valence-electron chi connectivity index (χ1n) is 7.84. The number of hydrogen-bond donors (Lipinski definition) is 1. The summed E-state index contributed by atoms with van der Waals surface area (Å²) in [5.74, 6) is 0.376. The molecule has 6 heteroatoms. The van der Waals surface area contributed by atoms with Crippen molar-refractivity contribution >= 4 is 11.7 Å². The van der Waals surface area contributed by atoms with Gasteiger partial charge in [0.1, 0.15) is 0 Å². The third-order valence-electron chi connectivity index (χ3n) is 3.69. The number of anilines is 1. The van der Waals surface area contributed by atoms with E-state index in [9.17, 15) is 4.79 Å². The van der Waals surface area contributed by atoms with E-state index in [2.05, 4.69) is 29.2 Å². The van der Waals surface area contributed by atoms with Crippen LogP contribution in [0.5, 0.6) is 0 Å². The van der Waals surface area contributed by atoms with Crippen LogP contribution in [-0.4, -0.2) is 32.2 Å². The summed E-state index contributed by atoms with van der Waals surface area (Å²) in [4.78, 5) is 18.8. The predicted octanol–water partition coefficient (Wildman–Crippen LogP) is 3.12. The fourth-order valence-electron chi connectivity index (χ4n) is 2.49. The van der Waals surface area contributed by atoms with Crippen LogP contribution >= 0.6 is 0 Å². The molecule has 0 unspecified atom stereocenters. The second-order valence-corrected chi connectivity index (χ2v) is 6.20. The number of carbonyl (C=O) groups is 1. The van der Waals surface area contributed by atoms with Crippen molar-refractivity contribution in [3.8, 4) is 0 Å². The third-order valence-corrected chi connectivity index (χ3v) is 3.69. The second-order valence-electron chi connectivity index (χ2n) is 6.20. The Bertz CT molecular complexity index is 663. The normalized spacial score (nSPS) is 10.9. The van der Waals surface area contributed by atoms with Crippen LogP contribution in [-0.2, 0) is 13.6 Å². The summed E-state index contributed by atoms with van der Waals surface area (Å²) in [7, 11) is 1.87. The Morgan fingerprint density at radius 2 is 2.09 bits per heavy atom. The predicted molar refractivity (Wildman–Crippen MR) is 91.2 cm³/mol. The first-order valence-corrected chi connectivity index (χ1v) is 7.84. The number of nitrogens with one attached hydrogen (secondary N) is 1. The minimum absolute atomic E-state index is 0.122. The zero-order valence-corrected chi connectivity index (χ0v) is 14.5. The molecule has 2 aromatic heterocycles. The lowest BCUT2D eigenvalue weighted by atomic mass is 10.2. The van der Waals surface area contributed by atoms with Crippen molar-refractivity contribution < 1.29 is 4.79 Å². The smallest absolute Gasteiger partial charge is 0.318 e. The number of carbonyl (C=O) groups excluding carboxylic acids is 1. The van der Waals surface area contributed by atoms with Crippen molar-refractivity contribution in [2.45, 2.75) is 34.2 Å². The number of amides is 2. The zero-order valence-electron chi connectivity index (χ0n) is 14.5. The number of urea groups is 1. The van der Waals surface area contributed by atoms with Gasteiger partial charge in [0.25, 0.3) is 0 Å². The van der Waals surface area contributed by atoms with Crippen molar-refractivity contribution in [2.75, 3.05) is 11.9 Å². The number of aromatic nitrogens is 3. The summed E-state index contributed by atoms with van der Waals surface area (Å²) in [5, 5.41) is 7.34. The van der Waals surface area contributed by atoms with E-state index < -0.39 is 0 Å². The molecule has 1 N–H and O–H groups in total. The van der Waals surface area contributed by atoms with Crippen molar-refractivity contribution in [1.82, 2.24) is 19.7 Å². The standard InChI is InChI=1S/C17H25N5O/c1-12(2)10-22(11-15-8-6-7-9-18-15)17(23)19-16-13(3)20-21(5)14(16)4/h6-9,12H,10-11H2,1-5H3,(H,19,23). The Balaban J connectivity index is 2.16. The first-order chi connectivity index (χ1) is 10.9. The maximum Gasteiger partial charge on any atom is 0.322 e. The lowest BCUT2D eigenvalue weighted by Crippen LogP contribution is -2.37. The summed E-state index contributed by atoms with van der Waals surface area (Å²) in [6, 6.07) is 5.62. The van der Waals surface area contributed by atoms with E-state index in [0.29, 0.717) is 19.0 Å². The number of aryl methyl sites for hydroxylation is 2. The molecule has 0 aliphatic carbocycles.